The maximum absolute atomic E-state index is 12.7. The van der Waals surface area contributed by atoms with Crippen molar-refractivity contribution in [3.05, 3.63) is 78.4 Å². The number of rotatable bonds is 8. The van der Waals surface area contributed by atoms with Gasteiger partial charge in [0, 0.05) is 12.1 Å². The summed E-state index contributed by atoms with van der Waals surface area (Å²) in [5.41, 5.74) is 7.95. The van der Waals surface area contributed by atoms with E-state index < -0.39 is 32.3 Å². The van der Waals surface area contributed by atoms with Crippen LogP contribution in [0.15, 0.2) is 72.8 Å². The van der Waals surface area contributed by atoms with Crippen LogP contribution in [0.1, 0.15) is 12.0 Å². The normalized spacial score (nSPS) is 18.8. The number of sulfonamides is 1. The van der Waals surface area contributed by atoms with Crippen molar-refractivity contribution in [2.75, 3.05) is 5.32 Å². The van der Waals surface area contributed by atoms with E-state index in [0.29, 0.717) is 11.3 Å². The molecule has 168 valence electrons. The number of allylic oxidation sites excluding steroid dienone is 3. The second kappa shape index (κ2) is 9.56. The van der Waals surface area contributed by atoms with Gasteiger partial charge in [-0.05, 0) is 41.3 Å². The third-order valence-corrected chi connectivity index (χ3v) is 7.57. The molecule has 2 atom stereocenters. The molecule has 0 radical (unpaired) electrons. The number of carboxylic acids is 1. The number of urea groups is 1. The maximum Gasteiger partial charge on any atom is 0.322 e. The highest BCUT2D eigenvalue weighted by atomic mass is 35.5. The van der Waals surface area contributed by atoms with Crippen molar-refractivity contribution < 1.29 is 23.1 Å². The Morgan fingerprint density at radius 3 is 2.44 bits per heavy atom. The molecule has 0 bridgehead atoms. The Morgan fingerprint density at radius 1 is 1.12 bits per heavy atom. The number of aliphatic carboxylic acids is 1. The number of halogens is 1. The van der Waals surface area contributed by atoms with E-state index in [1.807, 2.05) is 6.07 Å². The monoisotopic (exact) mass is 475 g/mol. The van der Waals surface area contributed by atoms with Crippen LogP contribution in [0.3, 0.4) is 0 Å². The van der Waals surface area contributed by atoms with E-state index >= 15 is 0 Å². The summed E-state index contributed by atoms with van der Waals surface area (Å²) in [4.78, 5) is 22.8. The van der Waals surface area contributed by atoms with Gasteiger partial charge in [0.25, 0.3) is 0 Å². The minimum atomic E-state index is -4.16. The number of benzene rings is 2. The number of carbonyl (C=O) groups is 2. The molecule has 0 unspecified atom stereocenters. The number of nitrogens with two attached hydrogens (primary N) is 1. The van der Waals surface area contributed by atoms with Gasteiger partial charge in [-0.1, -0.05) is 66.2 Å². The summed E-state index contributed by atoms with van der Waals surface area (Å²) >= 11 is 6.24. The van der Waals surface area contributed by atoms with Crippen LogP contribution in [-0.4, -0.2) is 35.8 Å². The fraction of sp³-hybridized carbons (Fsp3) is 0.182. The Hall–Kier alpha value is -3.14. The van der Waals surface area contributed by atoms with Crippen molar-refractivity contribution >= 4 is 39.3 Å². The van der Waals surface area contributed by atoms with Crippen LogP contribution >= 0.6 is 11.6 Å². The fourth-order valence-corrected chi connectivity index (χ4v) is 4.85. The van der Waals surface area contributed by atoms with Gasteiger partial charge in [0.1, 0.15) is 6.04 Å². The van der Waals surface area contributed by atoms with Crippen molar-refractivity contribution in [2.45, 2.75) is 23.1 Å². The van der Waals surface area contributed by atoms with Gasteiger partial charge < -0.3 is 16.2 Å². The molecule has 0 aliphatic heterocycles. The number of carbonyl (C=O) groups excluding carboxylic acids is 1. The van der Waals surface area contributed by atoms with Crippen LogP contribution in [0.25, 0.3) is 11.1 Å². The van der Waals surface area contributed by atoms with E-state index in [2.05, 4.69) is 10.0 Å². The molecule has 0 heterocycles. The molecule has 10 heteroatoms. The van der Waals surface area contributed by atoms with Gasteiger partial charge in [-0.3, -0.25) is 4.79 Å². The first-order chi connectivity index (χ1) is 15.1. The third-order valence-electron chi connectivity index (χ3n) is 4.89. The lowest BCUT2D eigenvalue weighted by Crippen LogP contribution is -2.49. The average Bonchev–Trinajstić information content (AvgIpc) is 2.74. The van der Waals surface area contributed by atoms with E-state index in [1.165, 1.54) is 12.2 Å². The number of nitrogens with one attached hydrogen (secondary N) is 2. The summed E-state index contributed by atoms with van der Waals surface area (Å²) in [7, 11) is -4.16. The molecule has 5 N–H and O–H groups in total. The number of carboxylic acid groups (broad SMARTS) is 1. The number of amides is 2. The van der Waals surface area contributed by atoms with Gasteiger partial charge in [0.15, 0.2) is 4.21 Å². The first-order valence-corrected chi connectivity index (χ1v) is 11.5. The molecule has 1 aliphatic carbocycles. The summed E-state index contributed by atoms with van der Waals surface area (Å²) in [6, 6.07) is 12.0. The van der Waals surface area contributed by atoms with Crippen molar-refractivity contribution in [1.82, 2.24) is 4.72 Å². The number of hydrogen-bond acceptors (Lipinski definition) is 4. The molecule has 2 aromatic rings. The quantitative estimate of drug-likeness (QED) is 0.434. The first-order valence-electron chi connectivity index (χ1n) is 9.63. The highest BCUT2D eigenvalue weighted by Gasteiger charge is 2.41. The molecule has 8 nitrogen and oxygen atoms in total. The second-order valence-corrected chi connectivity index (χ2v) is 10.1. The maximum atomic E-state index is 12.7. The van der Waals surface area contributed by atoms with Crippen LogP contribution in [0.5, 0.6) is 0 Å². The summed E-state index contributed by atoms with van der Waals surface area (Å²) in [6.45, 7) is 0. The zero-order valence-corrected chi connectivity index (χ0v) is 18.4. The Kier molecular flexibility index (Phi) is 7.02. The zero-order chi connectivity index (χ0) is 23.4. The molecule has 0 aromatic heterocycles. The summed E-state index contributed by atoms with van der Waals surface area (Å²) in [5, 5.41) is 12.1. The first kappa shape index (κ1) is 23.5. The number of primary amides is 1. The Labute approximate surface area is 190 Å². The van der Waals surface area contributed by atoms with Crippen molar-refractivity contribution in [1.29, 1.82) is 0 Å². The van der Waals surface area contributed by atoms with Gasteiger partial charge in [-0.2, -0.15) is 4.72 Å². The van der Waals surface area contributed by atoms with Crippen molar-refractivity contribution in [3.63, 3.8) is 0 Å². The highest BCUT2D eigenvalue weighted by Crippen LogP contribution is 2.31. The lowest BCUT2D eigenvalue weighted by Gasteiger charge is -2.26. The lowest BCUT2D eigenvalue weighted by atomic mass is 10.0. The summed E-state index contributed by atoms with van der Waals surface area (Å²) in [5.74, 6) is -1.31. The summed E-state index contributed by atoms with van der Waals surface area (Å²) in [6.07, 6.45) is 6.08. The van der Waals surface area contributed by atoms with Crippen molar-refractivity contribution in [3.8, 4) is 11.1 Å². The highest BCUT2D eigenvalue weighted by molar-refractivity contribution is 7.92. The van der Waals surface area contributed by atoms with E-state index in [9.17, 15) is 23.1 Å². The molecule has 32 heavy (non-hydrogen) atoms. The Balaban J connectivity index is 1.75. The molecule has 2 amide bonds. The van der Waals surface area contributed by atoms with Gasteiger partial charge in [0.05, 0.1) is 0 Å². The van der Waals surface area contributed by atoms with E-state index in [0.717, 1.165) is 11.1 Å². The fourth-order valence-electron chi connectivity index (χ4n) is 3.23. The minimum absolute atomic E-state index is 0.0328. The number of alkyl halides is 1. The standard InChI is InChI=1S/C22H22ClN3O5S/c23-22(11-2-1-3-12-22)32(30,31)26-19(20(27)28)13-15-7-9-16(10-8-15)17-5-4-6-18(14-17)25-21(24)29/h1-11,14,19,26H,12-13H2,(H,27,28)(H3,24,25,29)/t19-,22+/m1/s1. The van der Waals surface area contributed by atoms with Gasteiger partial charge in [-0.25, -0.2) is 13.2 Å². The van der Waals surface area contributed by atoms with Crippen LogP contribution in [0.2, 0.25) is 0 Å². The molecule has 1 aliphatic rings. The average molecular weight is 476 g/mol. The summed E-state index contributed by atoms with van der Waals surface area (Å²) < 4.78 is 26.0. The lowest BCUT2D eigenvalue weighted by molar-refractivity contribution is -0.138. The second-order valence-electron chi connectivity index (χ2n) is 7.26. The Bertz CT molecular complexity index is 1180. The van der Waals surface area contributed by atoms with Gasteiger partial charge in [0.2, 0.25) is 10.0 Å². The molecule has 0 fully saturated rings. The van der Waals surface area contributed by atoms with Gasteiger partial charge in [-0.15, -0.1) is 0 Å². The molecule has 0 saturated carbocycles. The smallest absolute Gasteiger partial charge is 0.322 e. The topological polar surface area (TPSA) is 139 Å². The molecule has 0 spiro atoms. The van der Waals surface area contributed by atoms with E-state index in [-0.39, 0.29) is 12.8 Å². The molecule has 0 saturated heterocycles. The molecular formula is C22H22ClN3O5S. The largest absolute Gasteiger partial charge is 0.480 e. The molecule has 3 rings (SSSR count). The van der Waals surface area contributed by atoms with Crippen LogP contribution in [-0.2, 0) is 21.2 Å². The van der Waals surface area contributed by atoms with Gasteiger partial charge >= 0.3 is 12.0 Å². The number of anilines is 1. The predicted octanol–water partition coefficient (Wildman–Crippen LogP) is 3.21. The zero-order valence-electron chi connectivity index (χ0n) is 16.9. The molecule has 2 aromatic carbocycles. The third kappa shape index (κ3) is 5.56. The van der Waals surface area contributed by atoms with Crippen LogP contribution in [0, 0.1) is 0 Å². The van der Waals surface area contributed by atoms with Crippen LogP contribution in [0.4, 0.5) is 10.5 Å². The van der Waals surface area contributed by atoms with Crippen LogP contribution < -0.4 is 15.8 Å². The Morgan fingerprint density at radius 2 is 1.84 bits per heavy atom. The van der Waals surface area contributed by atoms with Crippen molar-refractivity contribution in [2.24, 2.45) is 5.73 Å². The number of hydrogen-bond donors (Lipinski definition) is 4. The predicted molar refractivity (Wildman–Crippen MR) is 124 cm³/mol. The van der Waals surface area contributed by atoms with E-state index in [1.54, 1.807) is 54.6 Å². The minimum Gasteiger partial charge on any atom is -0.480 e. The van der Waals surface area contributed by atoms with E-state index in [4.69, 9.17) is 17.3 Å². The molecular weight excluding hydrogens is 454 g/mol. The SMILES string of the molecule is NC(=O)Nc1cccc(-c2ccc(C[C@@H](NS(=O)(=O)[C@@]3(Cl)C=CC=CC3)C(=O)O)cc2)c1.